The standard InChI is InChI=1S/C9H9FO4/c1-14-5-2-3-6(7(10)4-5)8(11)9(12)13/h2-4,9,12-13H,1H3. The fourth-order valence-corrected chi connectivity index (χ4v) is 0.962. The van der Waals surface area contributed by atoms with Gasteiger partial charge in [-0.25, -0.2) is 4.39 Å². The number of Topliss-reactive ketones (excluding diaryl/α,β-unsaturated/α-hetero) is 1. The third kappa shape index (κ3) is 2.07. The lowest BCUT2D eigenvalue weighted by molar-refractivity contribution is -0.0198. The SMILES string of the molecule is COc1ccc(C(=O)C(O)O)c(F)c1. The van der Waals surface area contributed by atoms with Gasteiger partial charge in [-0.15, -0.1) is 0 Å². The Balaban J connectivity index is 3.06. The predicted octanol–water partition coefficient (Wildman–Crippen LogP) is 0.328. The lowest BCUT2D eigenvalue weighted by atomic mass is 10.1. The van der Waals surface area contributed by atoms with Crippen molar-refractivity contribution in [3.8, 4) is 5.75 Å². The van der Waals surface area contributed by atoms with Gasteiger partial charge in [0.1, 0.15) is 11.6 Å². The second-order valence-electron chi connectivity index (χ2n) is 2.58. The fourth-order valence-electron chi connectivity index (χ4n) is 0.962. The van der Waals surface area contributed by atoms with Gasteiger partial charge in [-0.05, 0) is 12.1 Å². The van der Waals surface area contributed by atoms with E-state index in [0.717, 1.165) is 12.1 Å². The second-order valence-corrected chi connectivity index (χ2v) is 2.58. The molecule has 4 nitrogen and oxygen atoms in total. The normalized spacial score (nSPS) is 10.4. The summed E-state index contributed by atoms with van der Waals surface area (Å²) in [5, 5.41) is 17.1. The first-order valence-corrected chi connectivity index (χ1v) is 3.80. The largest absolute Gasteiger partial charge is 0.497 e. The molecule has 1 rings (SSSR count). The van der Waals surface area contributed by atoms with E-state index in [9.17, 15) is 9.18 Å². The summed E-state index contributed by atoms with van der Waals surface area (Å²) >= 11 is 0. The van der Waals surface area contributed by atoms with Crippen LogP contribution in [0.3, 0.4) is 0 Å². The van der Waals surface area contributed by atoms with E-state index < -0.39 is 17.9 Å². The molecule has 1 aromatic rings. The molecular weight excluding hydrogens is 191 g/mol. The van der Waals surface area contributed by atoms with E-state index in [4.69, 9.17) is 14.9 Å². The maximum absolute atomic E-state index is 13.1. The molecule has 0 bridgehead atoms. The minimum atomic E-state index is -2.20. The number of rotatable bonds is 3. The number of methoxy groups -OCH3 is 1. The van der Waals surface area contributed by atoms with Crippen molar-refractivity contribution in [2.45, 2.75) is 6.29 Å². The molecule has 0 aliphatic heterocycles. The van der Waals surface area contributed by atoms with E-state index in [-0.39, 0.29) is 11.3 Å². The van der Waals surface area contributed by atoms with E-state index in [1.54, 1.807) is 0 Å². The summed E-state index contributed by atoms with van der Waals surface area (Å²) in [4.78, 5) is 11.0. The lowest BCUT2D eigenvalue weighted by Crippen LogP contribution is -2.20. The second kappa shape index (κ2) is 4.17. The first-order valence-electron chi connectivity index (χ1n) is 3.80. The van der Waals surface area contributed by atoms with Crippen LogP contribution in [0.2, 0.25) is 0 Å². The maximum Gasteiger partial charge on any atom is 0.221 e. The number of ketones is 1. The minimum absolute atomic E-state index is 0.256. The fraction of sp³-hybridized carbons (Fsp3) is 0.222. The molecule has 2 N–H and O–H groups in total. The number of benzene rings is 1. The van der Waals surface area contributed by atoms with Crippen LogP contribution in [-0.4, -0.2) is 29.4 Å². The summed E-state index contributed by atoms with van der Waals surface area (Å²) in [6.07, 6.45) is -2.20. The Morgan fingerprint density at radius 3 is 2.57 bits per heavy atom. The van der Waals surface area contributed by atoms with Crippen molar-refractivity contribution >= 4 is 5.78 Å². The average Bonchev–Trinajstić information content (AvgIpc) is 2.16. The van der Waals surface area contributed by atoms with Crippen LogP contribution in [0, 0.1) is 5.82 Å². The molecule has 0 fully saturated rings. The molecule has 76 valence electrons. The monoisotopic (exact) mass is 200 g/mol. The number of aliphatic hydroxyl groups excluding tert-OH is 1. The van der Waals surface area contributed by atoms with E-state index in [2.05, 4.69) is 0 Å². The third-order valence-electron chi connectivity index (χ3n) is 1.68. The van der Waals surface area contributed by atoms with Gasteiger partial charge in [-0.2, -0.15) is 0 Å². The molecule has 0 aliphatic rings. The van der Waals surface area contributed by atoms with Gasteiger partial charge in [0.15, 0.2) is 0 Å². The van der Waals surface area contributed by atoms with Gasteiger partial charge in [0, 0.05) is 6.07 Å². The van der Waals surface area contributed by atoms with E-state index in [0.29, 0.717) is 0 Å². The first-order chi connectivity index (χ1) is 6.56. The van der Waals surface area contributed by atoms with Crippen LogP contribution < -0.4 is 4.74 Å². The Kier molecular flexibility index (Phi) is 3.16. The van der Waals surface area contributed by atoms with Crippen molar-refractivity contribution in [2.24, 2.45) is 0 Å². The molecule has 14 heavy (non-hydrogen) atoms. The zero-order valence-electron chi connectivity index (χ0n) is 7.40. The smallest absolute Gasteiger partial charge is 0.221 e. The van der Waals surface area contributed by atoms with Crippen molar-refractivity contribution in [1.29, 1.82) is 0 Å². The minimum Gasteiger partial charge on any atom is -0.497 e. The number of ether oxygens (including phenoxy) is 1. The number of hydrogen-bond acceptors (Lipinski definition) is 4. The number of hydrogen-bond donors (Lipinski definition) is 2. The van der Waals surface area contributed by atoms with Gasteiger partial charge >= 0.3 is 0 Å². The van der Waals surface area contributed by atoms with Crippen LogP contribution in [0.1, 0.15) is 10.4 Å². The molecule has 0 aliphatic carbocycles. The molecule has 0 saturated carbocycles. The third-order valence-corrected chi connectivity index (χ3v) is 1.68. The van der Waals surface area contributed by atoms with Crippen molar-refractivity contribution in [3.63, 3.8) is 0 Å². The molecule has 0 atom stereocenters. The molecule has 0 unspecified atom stereocenters. The van der Waals surface area contributed by atoms with E-state index in [1.807, 2.05) is 0 Å². The van der Waals surface area contributed by atoms with Gasteiger partial charge < -0.3 is 14.9 Å². The highest BCUT2D eigenvalue weighted by molar-refractivity contribution is 5.98. The molecule has 0 heterocycles. The number of carbonyl (C=O) groups excluding carboxylic acids is 1. The predicted molar refractivity (Wildman–Crippen MR) is 45.5 cm³/mol. The van der Waals surface area contributed by atoms with Crippen molar-refractivity contribution < 1.29 is 24.1 Å². The van der Waals surface area contributed by atoms with Crippen LogP contribution in [0.4, 0.5) is 4.39 Å². The van der Waals surface area contributed by atoms with E-state index >= 15 is 0 Å². The molecule has 0 radical (unpaired) electrons. The number of aliphatic hydroxyl groups is 2. The Bertz CT molecular complexity index is 349. The van der Waals surface area contributed by atoms with Gasteiger partial charge in [0.05, 0.1) is 12.7 Å². The quantitative estimate of drug-likeness (QED) is 0.545. The zero-order chi connectivity index (χ0) is 10.7. The van der Waals surface area contributed by atoms with Gasteiger partial charge in [-0.1, -0.05) is 0 Å². The summed E-state index contributed by atoms with van der Waals surface area (Å²) in [7, 11) is 1.36. The van der Waals surface area contributed by atoms with Gasteiger partial charge in [0.2, 0.25) is 12.1 Å². The first kappa shape index (κ1) is 10.6. The van der Waals surface area contributed by atoms with Crippen LogP contribution in [-0.2, 0) is 0 Å². The van der Waals surface area contributed by atoms with Gasteiger partial charge in [-0.3, -0.25) is 4.79 Å². The Labute approximate surface area is 79.6 Å². The zero-order valence-corrected chi connectivity index (χ0v) is 7.40. The molecule has 1 aromatic carbocycles. The summed E-state index contributed by atoms with van der Waals surface area (Å²) in [5.41, 5.74) is -0.374. The topological polar surface area (TPSA) is 66.8 Å². The van der Waals surface area contributed by atoms with Crippen molar-refractivity contribution in [3.05, 3.63) is 29.6 Å². The van der Waals surface area contributed by atoms with E-state index in [1.165, 1.54) is 13.2 Å². The van der Waals surface area contributed by atoms with Crippen LogP contribution in [0.15, 0.2) is 18.2 Å². The molecule has 0 saturated heterocycles. The highest BCUT2D eigenvalue weighted by atomic mass is 19.1. The van der Waals surface area contributed by atoms with Crippen LogP contribution >= 0.6 is 0 Å². The van der Waals surface area contributed by atoms with Crippen molar-refractivity contribution in [2.75, 3.05) is 7.11 Å². The lowest BCUT2D eigenvalue weighted by Gasteiger charge is -2.05. The Morgan fingerprint density at radius 2 is 2.14 bits per heavy atom. The molecule has 0 amide bonds. The summed E-state index contributed by atoms with van der Waals surface area (Å²) < 4.78 is 17.8. The molecular formula is C9H9FO4. The summed E-state index contributed by atoms with van der Waals surface area (Å²) in [5.74, 6) is -1.67. The van der Waals surface area contributed by atoms with Crippen LogP contribution in [0.5, 0.6) is 5.75 Å². The number of halogens is 1. The Hall–Kier alpha value is -1.46. The highest BCUT2D eigenvalue weighted by Crippen LogP contribution is 2.17. The Morgan fingerprint density at radius 1 is 1.50 bits per heavy atom. The molecule has 0 spiro atoms. The van der Waals surface area contributed by atoms with Crippen LogP contribution in [0.25, 0.3) is 0 Å². The average molecular weight is 200 g/mol. The molecule has 5 heteroatoms. The van der Waals surface area contributed by atoms with Gasteiger partial charge in [0.25, 0.3) is 0 Å². The summed E-state index contributed by atoms with van der Waals surface area (Å²) in [6.45, 7) is 0. The summed E-state index contributed by atoms with van der Waals surface area (Å²) in [6, 6.07) is 3.49. The van der Waals surface area contributed by atoms with Crippen molar-refractivity contribution in [1.82, 2.24) is 0 Å². The molecule has 0 aromatic heterocycles. The maximum atomic E-state index is 13.1. The highest BCUT2D eigenvalue weighted by Gasteiger charge is 2.18. The number of carbonyl (C=O) groups is 1.